The molecular formula is C32H31Cl2N7O6S. The predicted molar refractivity (Wildman–Crippen MR) is 177 cm³/mol. The summed E-state index contributed by atoms with van der Waals surface area (Å²) in [6.07, 6.45) is 6.60. The van der Waals surface area contributed by atoms with E-state index in [0.29, 0.717) is 12.1 Å². The first-order valence-electron chi connectivity index (χ1n) is 14.9. The van der Waals surface area contributed by atoms with Crippen molar-refractivity contribution in [3.8, 4) is 11.1 Å². The number of hydrogen-bond acceptors (Lipinski definition) is 8. The second-order valence-corrected chi connectivity index (χ2v) is 15.2. The number of anilines is 2. The van der Waals surface area contributed by atoms with Gasteiger partial charge in [0, 0.05) is 41.0 Å². The molecule has 0 spiro atoms. The average Bonchev–Trinajstić information content (AvgIpc) is 3.75. The van der Waals surface area contributed by atoms with Crippen molar-refractivity contribution in [2.75, 3.05) is 11.4 Å². The van der Waals surface area contributed by atoms with Crippen molar-refractivity contribution >= 4 is 62.6 Å². The Balaban J connectivity index is 1.43. The molecule has 2 atom stereocenters. The van der Waals surface area contributed by atoms with Crippen LogP contribution in [0, 0.1) is 0 Å². The van der Waals surface area contributed by atoms with Crippen LogP contribution in [0.5, 0.6) is 0 Å². The van der Waals surface area contributed by atoms with E-state index in [2.05, 4.69) is 20.3 Å². The lowest BCUT2D eigenvalue weighted by atomic mass is 9.91. The molecule has 2 N–H and O–H groups in total. The van der Waals surface area contributed by atoms with Crippen molar-refractivity contribution in [3.05, 3.63) is 83.0 Å². The summed E-state index contributed by atoms with van der Waals surface area (Å²) in [7, 11) is -4.46. The normalized spacial score (nSPS) is 19.8. The van der Waals surface area contributed by atoms with Crippen molar-refractivity contribution in [1.82, 2.24) is 29.1 Å². The van der Waals surface area contributed by atoms with Crippen LogP contribution >= 0.6 is 23.2 Å². The van der Waals surface area contributed by atoms with Crippen LogP contribution in [0.25, 0.3) is 11.1 Å². The fourth-order valence-electron chi connectivity index (χ4n) is 6.13. The molecule has 250 valence electrons. The summed E-state index contributed by atoms with van der Waals surface area (Å²) in [6, 6.07) is 10.8. The van der Waals surface area contributed by atoms with Gasteiger partial charge < -0.3 is 10.4 Å². The lowest BCUT2D eigenvalue weighted by Crippen LogP contribution is -2.56. The van der Waals surface area contributed by atoms with Crippen LogP contribution in [0.4, 0.5) is 11.6 Å². The number of imidazole rings is 1. The third-order valence-corrected chi connectivity index (χ3v) is 10.9. The maximum absolute atomic E-state index is 14.5. The van der Waals surface area contributed by atoms with E-state index < -0.39 is 44.9 Å². The minimum atomic E-state index is -4.46. The number of carboxylic acids is 1. The molecule has 2 aromatic heterocycles. The number of carbonyl (C=O) groups excluding carboxylic acids is 2. The van der Waals surface area contributed by atoms with E-state index in [1.807, 2.05) is 24.3 Å². The minimum Gasteiger partial charge on any atom is -0.480 e. The zero-order chi connectivity index (χ0) is 34.6. The first-order valence-corrected chi connectivity index (χ1v) is 17.1. The summed E-state index contributed by atoms with van der Waals surface area (Å²) in [5, 5.41) is 12.2. The number of sulfonamides is 1. The van der Waals surface area contributed by atoms with Crippen LogP contribution in [-0.2, 0) is 36.4 Å². The number of aromatic nitrogens is 4. The van der Waals surface area contributed by atoms with Crippen LogP contribution in [0.1, 0.15) is 39.2 Å². The maximum Gasteiger partial charge on any atom is 0.328 e. The maximum atomic E-state index is 14.5. The summed E-state index contributed by atoms with van der Waals surface area (Å²) in [5.74, 6) is -2.44. The molecule has 1 saturated heterocycles. The van der Waals surface area contributed by atoms with E-state index in [1.165, 1.54) is 54.0 Å². The zero-order valence-electron chi connectivity index (χ0n) is 26.1. The van der Waals surface area contributed by atoms with Gasteiger partial charge in [0.2, 0.25) is 11.9 Å². The topological polar surface area (TPSA) is 168 Å². The number of aliphatic carboxylic acids is 1. The van der Waals surface area contributed by atoms with Gasteiger partial charge in [-0.05, 0) is 62.9 Å². The monoisotopic (exact) mass is 711 g/mol. The van der Waals surface area contributed by atoms with Gasteiger partial charge in [0.15, 0.2) is 5.03 Å². The van der Waals surface area contributed by atoms with Crippen LogP contribution in [0.15, 0.2) is 72.4 Å². The molecule has 0 aliphatic carbocycles. The molecule has 4 heterocycles. The molecule has 2 amide bonds. The van der Waals surface area contributed by atoms with Crippen molar-refractivity contribution < 1.29 is 27.9 Å². The van der Waals surface area contributed by atoms with Crippen LogP contribution in [0.3, 0.4) is 0 Å². The number of nitrogens with zero attached hydrogens (tertiary/aromatic N) is 6. The van der Waals surface area contributed by atoms with Gasteiger partial charge in [-0.3, -0.25) is 14.2 Å². The number of benzene rings is 2. The SMILES string of the molecule is CC(C)(NC(=O)[C@@H]1CCCN1S(=O)(=O)c1cnc2n1[C@](C)(Cc1ccc(-c3cncnc3)cc1)C(=O)N2c1cc(Cl)cc(Cl)c1)C(=O)O. The highest BCUT2D eigenvalue weighted by Gasteiger charge is 2.53. The molecule has 2 aliphatic rings. The molecule has 2 aromatic carbocycles. The Morgan fingerprint density at radius 3 is 2.31 bits per heavy atom. The molecule has 0 bridgehead atoms. The van der Waals surface area contributed by atoms with Crippen LogP contribution in [0.2, 0.25) is 10.0 Å². The van der Waals surface area contributed by atoms with Crippen LogP contribution < -0.4 is 10.2 Å². The zero-order valence-corrected chi connectivity index (χ0v) is 28.4. The second-order valence-electron chi connectivity index (χ2n) is 12.5. The van der Waals surface area contributed by atoms with E-state index in [1.54, 1.807) is 19.3 Å². The third kappa shape index (κ3) is 5.82. The number of carboxylic acid groups (broad SMARTS) is 1. The van der Waals surface area contributed by atoms with E-state index in [-0.39, 0.29) is 40.4 Å². The quantitative estimate of drug-likeness (QED) is 0.255. The summed E-state index contributed by atoms with van der Waals surface area (Å²) in [4.78, 5) is 53.3. The number of fused-ring (bicyclic) bond motifs is 1. The van der Waals surface area contributed by atoms with Crippen LogP contribution in [-0.4, -0.2) is 73.3 Å². The van der Waals surface area contributed by atoms with Gasteiger partial charge in [-0.2, -0.15) is 4.31 Å². The Morgan fingerprint density at radius 1 is 1.04 bits per heavy atom. The van der Waals surface area contributed by atoms with Crippen molar-refractivity contribution in [2.24, 2.45) is 0 Å². The van der Waals surface area contributed by atoms with Gasteiger partial charge in [0.1, 0.15) is 23.4 Å². The summed E-state index contributed by atoms with van der Waals surface area (Å²) < 4.78 is 31.3. The molecule has 0 unspecified atom stereocenters. The van der Waals surface area contributed by atoms with E-state index in [9.17, 15) is 27.9 Å². The molecular weight excluding hydrogens is 681 g/mol. The van der Waals surface area contributed by atoms with Gasteiger partial charge >= 0.3 is 5.97 Å². The lowest BCUT2D eigenvalue weighted by molar-refractivity contribution is -0.146. The summed E-state index contributed by atoms with van der Waals surface area (Å²) in [5.41, 5.74) is -0.449. The smallest absolute Gasteiger partial charge is 0.328 e. The second kappa shape index (κ2) is 12.3. The Labute approximate surface area is 286 Å². The largest absolute Gasteiger partial charge is 0.480 e. The van der Waals surface area contributed by atoms with E-state index in [0.717, 1.165) is 21.0 Å². The van der Waals surface area contributed by atoms with E-state index >= 15 is 0 Å². The molecule has 48 heavy (non-hydrogen) atoms. The molecule has 0 saturated carbocycles. The molecule has 6 rings (SSSR count). The molecule has 4 aromatic rings. The van der Waals surface area contributed by atoms with E-state index in [4.69, 9.17) is 23.2 Å². The fraction of sp³-hybridized carbons (Fsp3) is 0.312. The minimum absolute atomic E-state index is 0.0113. The standard InChI is InChI=1S/C32H31Cl2N7O6S/c1-31(2,29(44)45)38-27(42)25-5-4-10-39(25)48(46,47)26-17-37-30-40(24-12-22(33)11-23(34)13-24)28(43)32(3,41(26)30)14-19-6-8-20(9-7-19)21-15-35-18-36-16-21/h6-9,11-13,15-18,25H,4-5,10,14H2,1-3H3,(H,38,42)(H,44,45)/t25-,32+/m0/s1. The Bertz CT molecular complexity index is 2020. The Hall–Kier alpha value is -4.37. The average molecular weight is 713 g/mol. The summed E-state index contributed by atoms with van der Waals surface area (Å²) in [6.45, 7) is 4.28. The Kier molecular flexibility index (Phi) is 8.56. The van der Waals surface area contributed by atoms with Crippen molar-refractivity contribution in [3.63, 3.8) is 0 Å². The Morgan fingerprint density at radius 2 is 1.69 bits per heavy atom. The number of nitrogens with one attached hydrogen (secondary N) is 1. The van der Waals surface area contributed by atoms with Gasteiger partial charge in [-0.25, -0.2) is 33.1 Å². The van der Waals surface area contributed by atoms with Crippen molar-refractivity contribution in [2.45, 2.75) is 62.2 Å². The highest BCUT2D eigenvalue weighted by atomic mass is 35.5. The third-order valence-electron chi connectivity index (χ3n) is 8.62. The van der Waals surface area contributed by atoms with Gasteiger partial charge in [0.25, 0.3) is 15.9 Å². The number of halogens is 2. The first kappa shape index (κ1) is 33.5. The van der Waals surface area contributed by atoms with Gasteiger partial charge in [-0.1, -0.05) is 47.5 Å². The highest BCUT2D eigenvalue weighted by Crippen LogP contribution is 2.45. The number of amides is 2. The number of carbonyl (C=O) groups is 3. The lowest BCUT2D eigenvalue weighted by Gasteiger charge is -2.30. The number of rotatable bonds is 9. The summed E-state index contributed by atoms with van der Waals surface area (Å²) >= 11 is 12.6. The number of hydrogen-bond donors (Lipinski definition) is 2. The molecule has 1 fully saturated rings. The predicted octanol–water partition coefficient (Wildman–Crippen LogP) is 4.42. The van der Waals surface area contributed by atoms with Crippen molar-refractivity contribution in [1.29, 1.82) is 0 Å². The molecule has 13 nitrogen and oxygen atoms in total. The molecule has 0 radical (unpaired) electrons. The van der Waals surface area contributed by atoms with Gasteiger partial charge in [0.05, 0.1) is 11.9 Å². The van der Waals surface area contributed by atoms with Gasteiger partial charge in [-0.15, -0.1) is 0 Å². The fourth-order valence-corrected chi connectivity index (χ4v) is 8.49. The highest BCUT2D eigenvalue weighted by molar-refractivity contribution is 7.89. The molecule has 16 heteroatoms. The first-order chi connectivity index (χ1) is 22.6. The molecule has 2 aliphatic heterocycles.